The van der Waals surface area contributed by atoms with Crippen molar-refractivity contribution < 1.29 is 27.4 Å². The van der Waals surface area contributed by atoms with E-state index in [0.717, 1.165) is 9.87 Å². The monoisotopic (exact) mass is 566 g/mol. The largest absolute Gasteiger partial charge is 0.497 e. The van der Waals surface area contributed by atoms with Crippen molar-refractivity contribution in [2.24, 2.45) is 0 Å². The number of para-hydroxylation sites is 2. The molecule has 0 saturated carbocycles. The highest BCUT2D eigenvalue weighted by Gasteiger charge is 2.28. The second kappa shape index (κ2) is 12.1. The Morgan fingerprint density at radius 1 is 0.846 bits per heavy atom. The van der Waals surface area contributed by atoms with Gasteiger partial charge in [-0.3, -0.25) is 9.10 Å². The van der Waals surface area contributed by atoms with E-state index in [1.807, 2.05) is 6.92 Å². The van der Waals surface area contributed by atoms with Crippen molar-refractivity contribution in [1.82, 2.24) is 0 Å². The average Bonchev–Trinajstić information content (AvgIpc) is 2.93. The minimum absolute atomic E-state index is 0.0478. The van der Waals surface area contributed by atoms with E-state index < -0.39 is 22.5 Å². The third kappa shape index (κ3) is 6.63. The molecule has 0 unspecified atom stereocenters. The number of nitrogens with one attached hydrogen (secondary N) is 1. The van der Waals surface area contributed by atoms with Gasteiger partial charge in [-0.05, 0) is 61.5 Å². The molecule has 10 heteroatoms. The quantitative estimate of drug-likeness (QED) is 0.242. The zero-order valence-electron chi connectivity index (χ0n) is 21.6. The number of hydrogen-bond donors (Lipinski definition) is 1. The zero-order valence-corrected chi connectivity index (χ0v) is 23.1. The van der Waals surface area contributed by atoms with Gasteiger partial charge < -0.3 is 19.5 Å². The van der Waals surface area contributed by atoms with E-state index in [0.29, 0.717) is 28.0 Å². The molecule has 202 valence electrons. The fraction of sp³-hybridized carbons (Fsp3) is 0.138. The Morgan fingerprint density at radius 2 is 1.56 bits per heavy atom. The zero-order chi connectivity index (χ0) is 28.0. The highest BCUT2D eigenvalue weighted by molar-refractivity contribution is 7.92. The van der Waals surface area contributed by atoms with E-state index in [4.69, 9.17) is 25.8 Å². The number of carbonyl (C=O) groups is 1. The predicted molar refractivity (Wildman–Crippen MR) is 152 cm³/mol. The van der Waals surface area contributed by atoms with E-state index in [-0.39, 0.29) is 16.3 Å². The average molecular weight is 567 g/mol. The first-order chi connectivity index (χ1) is 18.7. The molecule has 0 heterocycles. The van der Waals surface area contributed by atoms with Gasteiger partial charge in [-0.2, -0.15) is 0 Å². The number of anilines is 2. The molecule has 0 atom stereocenters. The second-order valence-corrected chi connectivity index (χ2v) is 10.8. The molecule has 39 heavy (non-hydrogen) atoms. The van der Waals surface area contributed by atoms with Crippen molar-refractivity contribution in [1.29, 1.82) is 0 Å². The number of carbonyl (C=O) groups excluding carboxylic acids is 1. The smallest absolute Gasteiger partial charge is 0.264 e. The number of hydrogen-bond acceptors (Lipinski definition) is 6. The molecule has 0 radical (unpaired) electrons. The van der Waals surface area contributed by atoms with Crippen molar-refractivity contribution in [2.45, 2.75) is 11.8 Å². The van der Waals surface area contributed by atoms with E-state index in [2.05, 4.69) is 5.32 Å². The van der Waals surface area contributed by atoms with Crippen LogP contribution < -0.4 is 23.8 Å². The molecule has 0 fully saturated rings. The number of ether oxygens (including phenoxy) is 3. The summed E-state index contributed by atoms with van der Waals surface area (Å²) in [6.45, 7) is 1.34. The Labute approximate surface area is 232 Å². The SMILES string of the molecule is COc1cccc(N(CC(=O)Nc2cc(Cl)ccc2Oc2ccccc2OC)S(=O)(=O)c2ccc(C)cc2)c1. The summed E-state index contributed by atoms with van der Waals surface area (Å²) in [5.41, 5.74) is 1.43. The van der Waals surface area contributed by atoms with E-state index in [9.17, 15) is 13.2 Å². The Kier molecular flexibility index (Phi) is 8.63. The van der Waals surface area contributed by atoms with Gasteiger partial charge in [-0.15, -0.1) is 0 Å². The fourth-order valence-electron chi connectivity index (χ4n) is 3.75. The first-order valence-corrected chi connectivity index (χ1v) is 13.7. The normalized spacial score (nSPS) is 11.0. The van der Waals surface area contributed by atoms with Gasteiger partial charge in [0.1, 0.15) is 12.3 Å². The molecule has 1 amide bonds. The number of nitrogens with zero attached hydrogens (tertiary/aromatic N) is 1. The number of halogens is 1. The summed E-state index contributed by atoms with van der Waals surface area (Å²) in [5.74, 6) is 1.06. The summed E-state index contributed by atoms with van der Waals surface area (Å²) in [6, 6.07) is 24.7. The number of amides is 1. The van der Waals surface area contributed by atoms with Gasteiger partial charge >= 0.3 is 0 Å². The van der Waals surface area contributed by atoms with Crippen LogP contribution in [0.1, 0.15) is 5.56 Å². The molecule has 8 nitrogen and oxygen atoms in total. The molecule has 1 N–H and O–H groups in total. The molecule has 0 aliphatic carbocycles. The molecule has 4 aromatic carbocycles. The van der Waals surface area contributed by atoms with Crippen LogP contribution in [0, 0.1) is 6.92 Å². The Hall–Kier alpha value is -4.21. The van der Waals surface area contributed by atoms with Gasteiger partial charge in [-0.25, -0.2) is 8.42 Å². The van der Waals surface area contributed by atoms with Gasteiger partial charge in [0, 0.05) is 11.1 Å². The summed E-state index contributed by atoms with van der Waals surface area (Å²) in [5, 5.41) is 3.10. The molecule has 4 aromatic rings. The highest BCUT2D eigenvalue weighted by atomic mass is 35.5. The minimum Gasteiger partial charge on any atom is -0.497 e. The van der Waals surface area contributed by atoms with Crippen LogP contribution >= 0.6 is 11.6 Å². The maximum absolute atomic E-state index is 13.7. The number of rotatable bonds is 10. The van der Waals surface area contributed by atoms with Crippen LogP contribution in [0.15, 0.2) is 95.9 Å². The first-order valence-electron chi connectivity index (χ1n) is 11.8. The Morgan fingerprint density at radius 3 is 2.26 bits per heavy atom. The number of benzene rings is 4. The highest BCUT2D eigenvalue weighted by Crippen LogP contribution is 2.36. The van der Waals surface area contributed by atoms with Crippen LogP contribution in [0.5, 0.6) is 23.0 Å². The summed E-state index contributed by atoms with van der Waals surface area (Å²) in [7, 11) is -1.11. The van der Waals surface area contributed by atoms with Gasteiger partial charge in [-0.1, -0.05) is 47.5 Å². The predicted octanol–water partition coefficient (Wildman–Crippen LogP) is 6.29. The Balaban J connectivity index is 1.66. The molecule has 0 bridgehead atoms. The van der Waals surface area contributed by atoms with E-state index >= 15 is 0 Å². The van der Waals surface area contributed by atoms with Crippen LogP contribution in [-0.4, -0.2) is 35.1 Å². The standard InChI is InChI=1S/C29H27ClN2O6S/c1-20-11-14-24(15-12-20)39(34,35)32(22-7-6-8-23(18-22)36-2)19-29(33)31-25-17-21(30)13-16-26(25)38-28-10-5-4-9-27(28)37-3/h4-18H,19H2,1-3H3,(H,31,33). The fourth-order valence-corrected chi connectivity index (χ4v) is 5.33. The van der Waals surface area contributed by atoms with Gasteiger partial charge in [0.05, 0.1) is 30.5 Å². The van der Waals surface area contributed by atoms with E-state index in [1.165, 1.54) is 32.4 Å². The second-order valence-electron chi connectivity index (χ2n) is 8.47. The van der Waals surface area contributed by atoms with Crippen LogP contribution in [0.25, 0.3) is 0 Å². The van der Waals surface area contributed by atoms with Crippen LogP contribution in [0.4, 0.5) is 11.4 Å². The van der Waals surface area contributed by atoms with Crippen LogP contribution in [0.3, 0.4) is 0 Å². The van der Waals surface area contributed by atoms with Crippen LogP contribution in [-0.2, 0) is 14.8 Å². The summed E-state index contributed by atoms with van der Waals surface area (Å²) >= 11 is 6.21. The number of aryl methyl sites for hydroxylation is 1. The van der Waals surface area contributed by atoms with Gasteiger partial charge in [0.15, 0.2) is 17.2 Å². The molecule has 4 rings (SSSR count). The summed E-state index contributed by atoms with van der Waals surface area (Å²) < 4.78 is 45.1. The van der Waals surface area contributed by atoms with Crippen molar-refractivity contribution in [2.75, 3.05) is 30.4 Å². The van der Waals surface area contributed by atoms with Crippen molar-refractivity contribution in [3.63, 3.8) is 0 Å². The molecule has 0 aliphatic rings. The van der Waals surface area contributed by atoms with Crippen molar-refractivity contribution in [3.8, 4) is 23.0 Å². The topological polar surface area (TPSA) is 94.2 Å². The van der Waals surface area contributed by atoms with E-state index in [1.54, 1.807) is 72.8 Å². The Bertz CT molecular complexity index is 1580. The number of sulfonamides is 1. The lowest BCUT2D eigenvalue weighted by atomic mass is 10.2. The van der Waals surface area contributed by atoms with Crippen molar-refractivity contribution >= 4 is 38.9 Å². The lowest BCUT2D eigenvalue weighted by Crippen LogP contribution is -2.38. The minimum atomic E-state index is -4.12. The van der Waals surface area contributed by atoms with Crippen molar-refractivity contribution in [3.05, 3.63) is 102 Å². The lowest BCUT2D eigenvalue weighted by Gasteiger charge is -2.25. The van der Waals surface area contributed by atoms with Gasteiger partial charge in [0.25, 0.3) is 10.0 Å². The third-order valence-electron chi connectivity index (χ3n) is 5.74. The van der Waals surface area contributed by atoms with Crippen LogP contribution in [0.2, 0.25) is 5.02 Å². The molecule has 0 aromatic heterocycles. The molecular formula is C29H27ClN2O6S. The van der Waals surface area contributed by atoms with Gasteiger partial charge in [0.2, 0.25) is 5.91 Å². The summed E-state index contributed by atoms with van der Waals surface area (Å²) in [6.07, 6.45) is 0. The number of methoxy groups -OCH3 is 2. The third-order valence-corrected chi connectivity index (χ3v) is 7.77. The molecule has 0 spiro atoms. The molecule has 0 aliphatic heterocycles. The molecule has 0 saturated heterocycles. The lowest BCUT2D eigenvalue weighted by molar-refractivity contribution is -0.114. The molecular weight excluding hydrogens is 540 g/mol. The first kappa shape index (κ1) is 27.8. The maximum atomic E-state index is 13.7. The summed E-state index contributed by atoms with van der Waals surface area (Å²) in [4.78, 5) is 13.4. The maximum Gasteiger partial charge on any atom is 0.264 e.